The Labute approximate surface area is 99.6 Å². The van der Waals surface area contributed by atoms with E-state index in [2.05, 4.69) is 11.6 Å². The van der Waals surface area contributed by atoms with Crippen LogP contribution in [0.25, 0.3) is 5.57 Å². The van der Waals surface area contributed by atoms with Gasteiger partial charge in [-0.25, -0.2) is 4.39 Å². The van der Waals surface area contributed by atoms with Crippen LogP contribution in [0.15, 0.2) is 43.1 Å². The molecule has 0 atom stereocenters. The van der Waals surface area contributed by atoms with Gasteiger partial charge in [0.15, 0.2) is 0 Å². The third-order valence-corrected chi connectivity index (χ3v) is 3.24. The van der Waals surface area contributed by atoms with E-state index in [9.17, 15) is 4.39 Å². The molecular formula is C15H12FN. The number of rotatable bonds is 0. The van der Waals surface area contributed by atoms with Crippen LogP contribution in [-0.4, -0.2) is 4.98 Å². The Balaban J connectivity index is 2.20. The van der Waals surface area contributed by atoms with Crippen LogP contribution in [0.3, 0.4) is 0 Å². The summed E-state index contributed by atoms with van der Waals surface area (Å²) in [4.78, 5) is 4.38. The molecule has 1 heterocycles. The Morgan fingerprint density at radius 3 is 2.88 bits per heavy atom. The number of halogens is 1. The van der Waals surface area contributed by atoms with Crippen molar-refractivity contribution in [3.63, 3.8) is 0 Å². The zero-order valence-electron chi connectivity index (χ0n) is 9.41. The highest BCUT2D eigenvalue weighted by Crippen LogP contribution is 2.31. The minimum absolute atomic E-state index is 0.185. The van der Waals surface area contributed by atoms with E-state index in [1.54, 1.807) is 12.3 Å². The molecule has 1 aliphatic rings. The molecule has 1 aromatic heterocycles. The van der Waals surface area contributed by atoms with Crippen molar-refractivity contribution in [2.24, 2.45) is 0 Å². The Morgan fingerprint density at radius 2 is 2.00 bits per heavy atom. The summed E-state index contributed by atoms with van der Waals surface area (Å²) in [6.45, 7) is 4.12. The van der Waals surface area contributed by atoms with Gasteiger partial charge in [0, 0.05) is 17.5 Å². The smallest absolute Gasteiger partial charge is 0.123 e. The van der Waals surface area contributed by atoms with Gasteiger partial charge in [-0.3, -0.25) is 4.98 Å². The van der Waals surface area contributed by atoms with Gasteiger partial charge in [0.2, 0.25) is 0 Å². The fraction of sp³-hybridized carbons (Fsp3) is 0.133. The summed E-state index contributed by atoms with van der Waals surface area (Å²) < 4.78 is 13.2. The molecule has 3 rings (SSSR count). The van der Waals surface area contributed by atoms with Gasteiger partial charge in [0.1, 0.15) is 5.82 Å². The van der Waals surface area contributed by atoms with Crippen LogP contribution in [0, 0.1) is 5.82 Å². The summed E-state index contributed by atoms with van der Waals surface area (Å²) in [6.07, 6.45) is 3.45. The molecule has 0 saturated carbocycles. The van der Waals surface area contributed by atoms with Crippen LogP contribution in [-0.2, 0) is 12.8 Å². The molecule has 2 heteroatoms. The Kier molecular flexibility index (Phi) is 2.29. The Bertz CT molecular complexity index is 602. The summed E-state index contributed by atoms with van der Waals surface area (Å²) in [5, 5.41) is 0. The standard InChI is InChI=1S/C15H12FN/c1-10-13-6-5-12(16)9-11(13)4-7-15-14(10)3-2-8-17-15/h2-3,5-6,8-9H,1,4,7H2. The average Bonchev–Trinajstić information content (AvgIpc) is 2.48. The molecule has 0 aliphatic heterocycles. The normalized spacial score (nSPS) is 13.8. The third-order valence-electron chi connectivity index (χ3n) is 3.24. The van der Waals surface area contributed by atoms with Crippen LogP contribution in [0.4, 0.5) is 4.39 Å². The lowest BCUT2D eigenvalue weighted by Gasteiger charge is -2.08. The van der Waals surface area contributed by atoms with E-state index in [1.165, 1.54) is 6.07 Å². The summed E-state index contributed by atoms with van der Waals surface area (Å²) in [5.74, 6) is -0.185. The first-order valence-electron chi connectivity index (χ1n) is 5.67. The second-order valence-corrected chi connectivity index (χ2v) is 4.28. The minimum Gasteiger partial charge on any atom is -0.261 e. The first-order chi connectivity index (χ1) is 8.25. The van der Waals surface area contributed by atoms with Crippen molar-refractivity contribution in [2.75, 3.05) is 0 Å². The average molecular weight is 225 g/mol. The monoisotopic (exact) mass is 225 g/mol. The predicted molar refractivity (Wildman–Crippen MR) is 66.2 cm³/mol. The van der Waals surface area contributed by atoms with Gasteiger partial charge >= 0.3 is 0 Å². The maximum absolute atomic E-state index is 13.2. The van der Waals surface area contributed by atoms with E-state index in [0.29, 0.717) is 0 Å². The first-order valence-corrected chi connectivity index (χ1v) is 5.67. The van der Waals surface area contributed by atoms with Crippen LogP contribution >= 0.6 is 0 Å². The van der Waals surface area contributed by atoms with Crippen LogP contribution in [0.1, 0.15) is 22.4 Å². The molecule has 1 aromatic carbocycles. The number of aryl methyl sites for hydroxylation is 2. The van der Waals surface area contributed by atoms with Crippen LogP contribution in [0.5, 0.6) is 0 Å². The van der Waals surface area contributed by atoms with Gasteiger partial charge in [-0.05, 0) is 47.7 Å². The molecule has 0 spiro atoms. The summed E-state index contributed by atoms with van der Waals surface area (Å²) in [7, 11) is 0. The lowest BCUT2D eigenvalue weighted by atomic mass is 9.97. The van der Waals surface area contributed by atoms with Gasteiger partial charge in [-0.2, -0.15) is 0 Å². The fourth-order valence-electron chi connectivity index (χ4n) is 2.37. The van der Waals surface area contributed by atoms with E-state index in [4.69, 9.17) is 0 Å². The zero-order chi connectivity index (χ0) is 11.8. The number of pyridine rings is 1. The minimum atomic E-state index is -0.185. The van der Waals surface area contributed by atoms with E-state index in [1.807, 2.05) is 18.2 Å². The molecule has 17 heavy (non-hydrogen) atoms. The summed E-state index contributed by atoms with van der Waals surface area (Å²) in [5.41, 5.74) is 5.14. The SMILES string of the molecule is C=C1c2ccc(F)cc2CCc2ncccc21. The fourth-order valence-corrected chi connectivity index (χ4v) is 2.37. The van der Waals surface area contributed by atoms with Crippen LogP contribution in [0.2, 0.25) is 0 Å². The van der Waals surface area contributed by atoms with Gasteiger partial charge in [0.25, 0.3) is 0 Å². The first kappa shape index (κ1) is 10.2. The van der Waals surface area contributed by atoms with Gasteiger partial charge in [0.05, 0.1) is 0 Å². The number of nitrogens with zero attached hydrogens (tertiary/aromatic N) is 1. The second kappa shape index (κ2) is 3.81. The van der Waals surface area contributed by atoms with Crippen molar-refractivity contribution in [3.05, 3.63) is 71.3 Å². The number of benzene rings is 1. The highest BCUT2D eigenvalue weighted by molar-refractivity contribution is 5.81. The lowest BCUT2D eigenvalue weighted by molar-refractivity contribution is 0.625. The van der Waals surface area contributed by atoms with Crippen molar-refractivity contribution >= 4 is 5.57 Å². The molecule has 1 aliphatic carbocycles. The van der Waals surface area contributed by atoms with E-state index in [0.717, 1.165) is 40.8 Å². The molecule has 84 valence electrons. The molecule has 0 radical (unpaired) electrons. The predicted octanol–water partition coefficient (Wildman–Crippen LogP) is 3.38. The maximum Gasteiger partial charge on any atom is 0.123 e. The van der Waals surface area contributed by atoms with E-state index >= 15 is 0 Å². The lowest BCUT2D eigenvalue weighted by Crippen LogP contribution is -1.94. The van der Waals surface area contributed by atoms with Gasteiger partial charge in [-0.1, -0.05) is 18.7 Å². The summed E-state index contributed by atoms with van der Waals surface area (Å²) in [6, 6.07) is 8.86. The van der Waals surface area contributed by atoms with E-state index < -0.39 is 0 Å². The zero-order valence-corrected chi connectivity index (χ0v) is 9.41. The number of hydrogen-bond donors (Lipinski definition) is 0. The van der Waals surface area contributed by atoms with Crippen molar-refractivity contribution in [2.45, 2.75) is 12.8 Å². The highest BCUT2D eigenvalue weighted by Gasteiger charge is 2.17. The largest absolute Gasteiger partial charge is 0.261 e. The highest BCUT2D eigenvalue weighted by atomic mass is 19.1. The second-order valence-electron chi connectivity index (χ2n) is 4.28. The maximum atomic E-state index is 13.2. The quantitative estimate of drug-likeness (QED) is 0.669. The number of fused-ring (bicyclic) bond motifs is 2. The van der Waals surface area contributed by atoms with E-state index in [-0.39, 0.29) is 5.82 Å². The van der Waals surface area contributed by atoms with Crippen molar-refractivity contribution < 1.29 is 4.39 Å². The van der Waals surface area contributed by atoms with Crippen LogP contribution < -0.4 is 0 Å². The molecule has 0 unspecified atom stereocenters. The van der Waals surface area contributed by atoms with Gasteiger partial charge < -0.3 is 0 Å². The molecular weight excluding hydrogens is 213 g/mol. The topological polar surface area (TPSA) is 12.9 Å². The number of aromatic nitrogens is 1. The number of hydrogen-bond acceptors (Lipinski definition) is 1. The van der Waals surface area contributed by atoms with Crippen molar-refractivity contribution in [1.29, 1.82) is 0 Å². The van der Waals surface area contributed by atoms with Crippen molar-refractivity contribution in [3.8, 4) is 0 Å². The Morgan fingerprint density at radius 1 is 1.12 bits per heavy atom. The molecule has 0 fully saturated rings. The molecule has 0 saturated heterocycles. The molecule has 0 amide bonds. The molecule has 2 aromatic rings. The molecule has 1 nitrogen and oxygen atoms in total. The van der Waals surface area contributed by atoms with Gasteiger partial charge in [-0.15, -0.1) is 0 Å². The molecule has 0 bridgehead atoms. The molecule has 0 N–H and O–H groups in total. The summed E-state index contributed by atoms with van der Waals surface area (Å²) >= 11 is 0. The Hall–Kier alpha value is -1.96. The third kappa shape index (κ3) is 1.66. The van der Waals surface area contributed by atoms with Crippen molar-refractivity contribution in [1.82, 2.24) is 4.98 Å².